The smallest absolute Gasteiger partial charge is 0.332 e. The third-order valence-corrected chi connectivity index (χ3v) is 5.54. The fraction of sp³-hybridized carbons (Fsp3) is 0.450. The van der Waals surface area contributed by atoms with Gasteiger partial charge in [0, 0.05) is 33.7 Å². The topological polar surface area (TPSA) is 106 Å². The molecule has 1 saturated heterocycles. The lowest BCUT2D eigenvalue weighted by Crippen LogP contribution is -2.41. The van der Waals surface area contributed by atoms with Gasteiger partial charge in [-0.15, -0.1) is 0 Å². The summed E-state index contributed by atoms with van der Waals surface area (Å²) in [7, 11) is 4.70. The number of nitrogens with one attached hydrogen (secondary N) is 2. The summed E-state index contributed by atoms with van der Waals surface area (Å²) in [6.07, 6.45) is 0. The number of anilines is 1. The number of benzene rings is 1. The summed E-state index contributed by atoms with van der Waals surface area (Å²) in [6, 6.07) is 8.09. The van der Waals surface area contributed by atoms with Gasteiger partial charge >= 0.3 is 5.69 Å². The first-order chi connectivity index (χ1) is 14.5. The number of methoxy groups -OCH3 is 1. The van der Waals surface area contributed by atoms with Crippen LogP contribution in [0.3, 0.4) is 0 Å². The third kappa shape index (κ3) is 3.71. The molecule has 1 fully saturated rings. The van der Waals surface area contributed by atoms with Crippen LogP contribution >= 0.6 is 0 Å². The number of morpholine rings is 1. The van der Waals surface area contributed by atoms with E-state index >= 15 is 0 Å². The standard InChI is InChI=1S/C20H26N6O4/c1-24-17-16(18(27)25(2)20(24)28)22-19(23-17)21-12-15(26-8-10-30-11-9-26)13-4-6-14(29-3)7-5-13/h4-7,15H,8-12H2,1-3H3,(H2,21,22,23). The zero-order valence-corrected chi connectivity index (χ0v) is 17.3. The normalized spacial score (nSPS) is 16.0. The van der Waals surface area contributed by atoms with Crippen molar-refractivity contribution in [1.29, 1.82) is 0 Å². The Bertz CT molecular complexity index is 1140. The van der Waals surface area contributed by atoms with Gasteiger partial charge in [-0.25, -0.2) is 4.79 Å². The molecule has 3 aromatic rings. The van der Waals surface area contributed by atoms with E-state index < -0.39 is 11.2 Å². The number of rotatable bonds is 6. The van der Waals surface area contributed by atoms with Crippen LogP contribution in [0.25, 0.3) is 11.2 Å². The molecule has 10 nitrogen and oxygen atoms in total. The molecule has 1 aliphatic heterocycles. The summed E-state index contributed by atoms with van der Waals surface area (Å²) in [5, 5.41) is 3.31. The van der Waals surface area contributed by atoms with Gasteiger partial charge in [-0.1, -0.05) is 12.1 Å². The summed E-state index contributed by atoms with van der Waals surface area (Å²) < 4.78 is 13.2. The molecule has 1 atom stereocenters. The molecule has 0 saturated carbocycles. The van der Waals surface area contributed by atoms with Crippen molar-refractivity contribution in [2.45, 2.75) is 6.04 Å². The monoisotopic (exact) mass is 414 g/mol. The van der Waals surface area contributed by atoms with E-state index in [4.69, 9.17) is 9.47 Å². The second-order valence-electron chi connectivity index (χ2n) is 7.31. The van der Waals surface area contributed by atoms with Gasteiger partial charge in [-0.3, -0.25) is 18.8 Å². The Morgan fingerprint density at radius 2 is 1.87 bits per heavy atom. The number of aromatic nitrogens is 4. The van der Waals surface area contributed by atoms with Crippen molar-refractivity contribution in [2.24, 2.45) is 14.1 Å². The number of imidazole rings is 1. The molecule has 0 bridgehead atoms. The van der Waals surface area contributed by atoms with E-state index in [0.717, 1.165) is 29.0 Å². The van der Waals surface area contributed by atoms with Crippen LogP contribution in [0.5, 0.6) is 5.75 Å². The minimum Gasteiger partial charge on any atom is -0.497 e. The van der Waals surface area contributed by atoms with E-state index in [-0.39, 0.29) is 6.04 Å². The van der Waals surface area contributed by atoms with Crippen molar-refractivity contribution in [3.8, 4) is 5.75 Å². The number of hydrogen-bond donors (Lipinski definition) is 2. The van der Waals surface area contributed by atoms with Gasteiger partial charge in [0.25, 0.3) is 5.56 Å². The Hall–Kier alpha value is -3.11. The molecular weight excluding hydrogens is 388 g/mol. The summed E-state index contributed by atoms with van der Waals surface area (Å²) >= 11 is 0. The molecular formula is C20H26N6O4. The number of ether oxygens (including phenoxy) is 2. The van der Waals surface area contributed by atoms with Gasteiger partial charge in [-0.05, 0) is 17.7 Å². The largest absolute Gasteiger partial charge is 0.497 e. The summed E-state index contributed by atoms with van der Waals surface area (Å²) in [4.78, 5) is 34.4. The van der Waals surface area contributed by atoms with Crippen LogP contribution in [-0.4, -0.2) is 64.0 Å². The Kier molecular flexibility index (Phi) is 5.60. The van der Waals surface area contributed by atoms with Crippen molar-refractivity contribution in [2.75, 3.05) is 45.3 Å². The summed E-state index contributed by atoms with van der Waals surface area (Å²) in [5.74, 6) is 1.26. The van der Waals surface area contributed by atoms with Gasteiger partial charge in [-0.2, -0.15) is 4.98 Å². The maximum absolute atomic E-state index is 12.4. The van der Waals surface area contributed by atoms with E-state index in [0.29, 0.717) is 36.9 Å². The lowest BCUT2D eigenvalue weighted by Gasteiger charge is -2.35. The molecule has 2 N–H and O–H groups in total. The quantitative estimate of drug-likeness (QED) is 0.603. The third-order valence-electron chi connectivity index (χ3n) is 5.54. The molecule has 0 amide bonds. The van der Waals surface area contributed by atoms with Gasteiger partial charge in [0.2, 0.25) is 5.95 Å². The van der Waals surface area contributed by atoms with Crippen LogP contribution in [0.1, 0.15) is 11.6 Å². The molecule has 0 spiro atoms. The van der Waals surface area contributed by atoms with Gasteiger partial charge in [0.15, 0.2) is 11.2 Å². The van der Waals surface area contributed by atoms with Gasteiger partial charge < -0.3 is 19.8 Å². The Balaban J connectivity index is 1.61. The number of aromatic amines is 1. The van der Waals surface area contributed by atoms with Crippen molar-refractivity contribution in [3.05, 3.63) is 50.7 Å². The SMILES string of the molecule is COc1ccc(C(CNc2nc3c([nH]2)c(=O)n(C)c(=O)n3C)N2CCOCC2)cc1. The summed E-state index contributed by atoms with van der Waals surface area (Å²) in [5.41, 5.74) is 0.973. The van der Waals surface area contributed by atoms with Crippen LogP contribution in [0.4, 0.5) is 5.95 Å². The molecule has 1 aliphatic rings. The van der Waals surface area contributed by atoms with Gasteiger partial charge in [0.1, 0.15) is 5.75 Å². The van der Waals surface area contributed by atoms with Crippen molar-refractivity contribution >= 4 is 17.1 Å². The number of aryl methyl sites for hydroxylation is 1. The van der Waals surface area contributed by atoms with Crippen LogP contribution in [0, 0.1) is 0 Å². The molecule has 0 radical (unpaired) electrons. The van der Waals surface area contributed by atoms with Crippen molar-refractivity contribution < 1.29 is 9.47 Å². The molecule has 30 heavy (non-hydrogen) atoms. The van der Waals surface area contributed by atoms with E-state index in [1.165, 1.54) is 11.6 Å². The average molecular weight is 414 g/mol. The first-order valence-corrected chi connectivity index (χ1v) is 9.85. The van der Waals surface area contributed by atoms with Crippen LogP contribution in [-0.2, 0) is 18.8 Å². The fourth-order valence-corrected chi connectivity index (χ4v) is 3.78. The fourth-order valence-electron chi connectivity index (χ4n) is 3.78. The van der Waals surface area contributed by atoms with E-state index in [9.17, 15) is 9.59 Å². The Morgan fingerprint density at radius 1 is 1.17 bits per heavy atom. The van der Waals surface area contributed by atoms with Gasteiger partial charge in [0.05, 0.1) is 26.4 Å². The van der Waals surface area contributed by atoms with E-state index in [1.54, 1.807) is 14.2 Å². The van der Waals surface area contributed by atoms with Crippen molar-refractivity contribution in [3.63, 3.8) is 0 Å². The zero-order valence-electron chi connectivity index (χ0n) is 17.3. The molecule has 160 valence electrons. The predicted octanol–water partition coefficient (Wildman–Crippen LogP) is 0.454. The number of nitrogens with zero attached hydrogens (tertiary/aromatic N) is 4. The molecule has 2 aromatic heterocycles. The number of H-pyrrole nitrogens is 1. The zero-order chi connectivity index (χ0) is 21.3. The number of hydrogen-bond acceptors (Lipinski definition) is 7. The lowest BCUT2D eigenvalue weighted by molar-refractivity contribution is 0.0187. The Labute approximate surface area is 173 Å². The molecule has 1 unspecified atom stereocenters. The van der Waals surface area contributed by atoms with E-state index in [2.05, 4.69) is 32.3 Å². The minimum atomic E-state index is -0.407. The first-order valence-electron chi connectivity index (χ1n) is 9.85. The highest BCUT2D eigenvalue weighted by Gasteiger charge is 2.23. The molecule has 1 aromatic carbocycles. The number of fused-ring (bicyclic) bond motifs is 1. The maximum atomic E-state index is 12.4. The highest BCUT2D eigenvalue weighted by atomic mass is 16.5. The van der Waals surface area contributed by atoms with E-state index in [1.807, 2.05) is 12.1 Å². The maximum Gasteiger partial charge on any atom is 0.332 e. The average Bonchev–Trinajstić information content (AvgIpc) is 3.22. The predicted molar refractivity (Wildman–Crippen MR) is 113 cm³/mol. The first kappa shape index (κ1) is 20.2. The highest BCUT2D eigenvalue weighted by Crippen LogP contribution is 2.24. The second-order valence-corrected chi connectivity index (χ2v) is 7.31. The Morgan fingerprint density at radius 3 is 2.53 bits per heavy atom. The molecule has 3 heterocycles. The minimum absolute atomic E-state index is 0.0830. The van der Waals surface area contributed by atoms with Crippen molar-refractivity contribution in [1.82, 2.24) is 24.0 Å². The molecule has 10 heteroatoms. The summed E-state index contributed by atoms with van der Waals surface area (Å²) in [6.45, 7) is 3.60. The van der Waals surface area contributed by atoms with Crippen LogP contribution in [0.15, 0.2) is 33.9 Å². The highest BCUT2D eigenvalue weighted by molar-refractivity contribution is 5.72. The molecule has 0 aliphatic carbocycles. The molecule has 4 rings (SSSR count). The lowest BCUT2D eigenvalue weighted by atomic mass is 10.0. The van der Waals surface area contributed by atoms with Crippen LogP contribution in [0.2, 0.25) is 0 Å². The second kappa shape index (κ2) is 8.33. The van der Waals surface area contributed by atoms with Crippen LogP contribution < -0.4 is 21.3 Å².